The minimum absolute atomic E-state index is 0.592. The highest BCUT2D eigenvalue weighted by atomic mass is 32.1. The van der Waals surface area contributed by atoms with Crippen molar-refractivity contribution < 1.29 is 14.2 Å². The molecule has 1 aromatic heterocycles. The molecule has 0 aliphatic rings. The summed E-state index contributed by atoms with van der Waals surface area (Å²) in [7, 11) is 4.83. The van der Waals surface area contributed by atoms with Gasteiger partial charge in [0.15, 0.2) is 16.6 Å². The summed E-state index contributed by atoms with van der Waals surface area (Å²) in [6.45, 7) is 3.04. The summed E-state index contributed by atoms with van der Waals surface area (Å²) in [6, 6.07) is 3.83. The zero-order valence-electron chi connectivity index (χ0n) is 12.7. The van der Waals surface area contributed by atoms with Crippen LogP contribution in [0.25, 0.3) is 10.4 Å². The van der Waals surface area contributed by atoms with Gasteiger partial charge >= 0.3 is 0 Å². The van der Waals surface area contributed by atoms with Gasteiger partial charge in [-0.2, -0.15) is 0 Å². The number of methoxy groups -OCH3 is 3. The van der Waals surface area contributed by atoms with Crippen LogP contribution in [0, 0.1) is 0 Å². The third-order valence-electron chi connectivity index (χ3n) is 3.00. The van der Waals surface area contributed by atoms with E-state index in [1.165, 1.54) is 0 Å². The number of nitrogens with zero attached hydrogens (tertiary/aromatic N) is 1. The minimum atomic E-state index is 0.592. The van der Waals surface area contributed by atoms with Crippen molar-refractivity contribution in [2.45, 2.75) is 13.3 Å². The Kier molecular flexibility index (Phi) is 5.27. The second-order valence-electron chi connectivity index (χ2n) is 4.34. The largest absolute Gasteiger partial charge is 0.493 e. The molecule has 0 saturated heterocycles. The molecule has 0 radical (unpaired) electrons. The molecule has 1 N–H and O–H groups in total. The van der Waals surface area contributed by atoms with Gasteiger partial charge in [-0.1, -0.05) is 18.3 Å². The van der Waals surface area contributed by atoms with Crippen molar-refractivity contribution >= 4 is 16.5 Å². The molecule has 6 heteroatoms. The van der Waals surface area contributed by atoms with Crippen LogP contribution in [0.4, 0.5) is 5.13 Å². The van der Waals surface area contributed by atoms with Gasteiger partial charge in [-0.15, -0.1) is 0 Å². The number of aromatic nitrogens is 1. The van der Waals surface area contributed by atoms with Crippen LogP contribution in [0.15, 0.2) is 18.3 Å². The number of anilines is 1. The molecule has 2 rings (SSSR count). The van der Waals surface area contributed by atoms with Crippen molar-refractivity contribution in [3.63, 3.8) is 0 Å². The van der Waals surface area contributed by atoms with Gasteiger partial charge in [0.25, 0.3) is 0 Å². The van der Waals surface area contributed by atoms with Crippen molar-refractivity contribution in [1.82, 2.24) is 4.98 Å². The average Bonchev–Trinajstić information content (AvgIpc) is 2.99. The lowest BCUT2D eigenvalue weighted by Gasteiger charge is -2.14. The van der Waals surface area contributed by atoms with Gasteiger partial charge in [0.1, 0.15) is 0 Å². The van der Waals surface area contributed by atoms with Gasteiger partial charge < -0.3 is 19.5 Å². The molecular weight excluding hydrogens is 288 g/mol. The normalized spacial score (nSPS) is 10.3. The highest BCUT2D eigenvalue weighted by Gasteiger charge is 2.18. The topological polar surface area (TPSA) is 52.6 Å². The molecule has 0 bridgehead atoms. The van der Waals surface area contributed by atoms with Crippen LogP contribution in [0.3, 0.4) is 0 Å². The van der Waals surface area contributed by atoms with Crippen molar-refractivity contribution in [2.75, 3.05) is 33.2 Å². The molecule has 21 heavy (non-hydrogen) atoms. The molecule has 2 aromatic rings. The van der Waals surface area contributed by atoms with E-state index in [2.05, 4.69) is 17.2 Å². The summed E-state index contributed by atoms with van der Waals surface area (Å²) in [5, 5.41) is 4.19. The molecule has 0 fully saturated rings. The van der Waals surface area contributed by atoms with E-state index in [-0.39, 0.29) is 0 Å². The monoisotopic (exact) mass is 308 g/mol. The number of hydrogen-bond donors (Lipinski definition) is 1. The van der Waals surface area contributed by atoms with E-state index in [1.807, 2.05) is 18.3 Å². The Hall–Kier alpha value is -1.95. The summed E-state index contributed by atoms with van der Waals surface area (Å²) in [5.74, 6) is 1.89. The average molecular weight is 308 g/mol. The summed E-state index contributed by atoms with van der Waals surface area (Å²) >= 11 is 1.59. The van der Waals surface area contributed by atoms with Crippen LogP contribution in [-0.4, -0.2) is 32.9 Å². The molecule has 0 atom stereocenters. The highest BCUT2D eigenvalue weighted by molar-refractivity contribution is 7.18. The lowest BCUT2D eigenvalue weighted by Crippen LogP contribution is -1.97. The van der Waals surface area contributed by atoms with E-state index in [4.69, 9.17) is 14.2 Å². The van der Waals surface area contributed by atoms with Gasteiger partial charge in [-0.3, -0.25) is 0 Å². The molecule has 114 valence electrons. The Morgan fingerprint density at radius 3 is 2.48 bits per heavy atom. The van der Waals surface area contributed by atoms with E-state index in [9.17, 15) is 0 Å². The van der Waals surface area contributed by atoms with Crippen molar-refractivity contribution in [2.24, 2.45) is 0 Å². The maximum Gasteiger partial charge on any atom is 0.203 e. The van der Waals surface area contributed by atoms with E-state index < -0.39 is 0 Å². The first-order valence-corrected chi connectivity index (χ1v) is 7.55. The maximum absolute atomic E-state index is 5.51. The molecule has 5 nitrogen and oxygen atoms in total. The predicted octanol–water partition coefficient (Wildman–Crippen LogP) is 3.66. The fourth-order valence-corrected chi connectivity index (χ4v) is 2.87. The molecule has 0 aliphatic heterocycles. The van der Waals surface area contributed by atoms with Crippen molar-refractivity contribution in [3.05, 3.63) is 18.3 Å². The van der Waals surface area contributed by atoms with Crippen molar-refractivity contribution in [1.29, 1.82) is 0 Å². The molecule has 0 spiro atoms. The van der Waals surface area contributed by atoms with Crippen LogP contribution in [0.2, 0.25) is 0 Å². The molecule has 1 aromatic carbocycles. The number of ether oxygens (including phenoxy) is 3. The van der Waals surface area contributed by atoms with E-state index in [0.29, 0.717) is 17.2 Å². The third-order valence-corrected chi connectivity index (χ3v) is 3.99. The van der Waals surface area contributed by atoms with E-state index in [1.54, 1.807) is 32.7 Å². The number of benzene rings is 1. The second kappa shape index (κ2) is 7.17. The van der Waals surface area contributed by atoms with Crippen LogP contribution in [0.1, 0.15) is 13.3 Å². The molecule has 0 amide bonds. The third kappa shape index (κ3) is 3.21. The van der Waals surface area contributed by atoms with Crippen LogP contribution in [0.5, 0.6) is 17.2 Å². The molecular formula is C15H20N2O3S. The first kappa shape index (κ1) is 15.4. The first-order valence-electron chi connectivity index (χ1n) is 6.74. The number of hydrogen-bond acceptors (Lipinski definition) is 6. The number of thiazole rings is 1. The summed E-state index contributed by atoms with van der Waals surface area (Å²) in [5.41, 5.74) is 0.942. The summed E-state index contributed by atoms with van der Waals surface area (Å²) in [6.07, 6.45) is 2.90. The first-order chi connectivity index (χ1) is 10.2. The SMILES string of the molecule is CCCNc1ncc(-c2ccc(OC)c(OC)c2OC)s1. The van der Waals surface area contributed by atoms with Crippen molar-refractivity contribution in [3.8, 4) is 27.7 Å². The molecule has 0 aliphatic carbocycles. The lowest BCUT2D eigenvalue weighted by atomic mass is 10.1. The Morgan fingerprint density at radius 2 is 1.86 bits per heavy atom. The van der Waals surface area contributed by atoms with Gasteiger partial charge in [0, 0.05) is 18.3 Å². The fraction of sp³-hybridized carbons (Fsp3) is 0.400. The lowest BCUT2D eigenvalue weighted by molar-refractivity contribution is 0.325. The molecule has 1 heterocycles. The Labute approximate surface area is 128 Å². The summed E-state index contributed by atoms with van der Waals surface area (Å²) < 4.78 is 16.2. The van der Waals surface area contributed by atoms with Gasteiger partial charge in [-0.05, 0) is 18.6 Å². The predicted molar refractivity (Wildman–Crippen MR) is 86.0 cm³/mol. The zero-order valence-corrected chi connectivity index (χ0v) is 13.5. The Bertz CT molecular complexity index is 599. The molecule has 0 unspecified atom stereocenters. The quantitative estimate of drug-likeness (QED) is 0.846. The van der Waals surface area contributed by atoms with Gasteiger partial charge in [-0.25, -0.2) is 4.98 Å². The molecule has 0 saturated carbocycles. The van der Waals surface area contributed by atoms with Crippen LogP contribution in [-0.2, 0) is 0 Å². The Balaban J connectivity index is 2.41. The zero-order chi connectivity index (χ0) is 15.2. The number of rotatable bonds is 7. The highest BCUT2D eigenvalue weighted by Crippen LogP contribution is 2.45. The second-order valence-corrected chi connectivity index (χ2v) is 5.37. The van der Waals surface area contributed by atoms with Crippen LogP contribution < -0.4 is 19.5 Å². The van der Waals surface area contributed by atoms with Gasteiger partial charge in [0.05, 0.1) is 26.2 Å². The fourth-order valence-electron chi connectivity index (χ4n) is 2.01. The standard InChI is InChI=1S/C15H20N2O3S/c1-5-8-16-15-17-9-12(21-15)10-6-7-11(18-2)14(20-4)13(10)19-3/h6-7,9H,5,8H2,1-4H3,(H,16,17). The number of nitrogens with one attached hydrogen (secondary N) is 1. The minimum Gasteiger partial charge on any atom is -0.493 e. The van der Waals surface area contributed by atoms with Gasteiger partial charge in [0.2, 0.25) is 5.75 Å². The van der Waals surface area contributed by atoms with E-state index in [0.717, 1.165) is 28.5 Å². The van der Waals surface area contributed by atoms with E-state index >= 15 is 0 Å². The maximum atomic E-state index is 5.51. The Morgan fingerprint density at radius 1 is 1.10 bits per heavy atom. The summed E-state index contributed by atoms with van der Waals surface area (Å²) in [4.78, 5) is 5.40. The smallest absolute Gasteiger partial charge is 0.203 e. The van der Waals surface area contributed by atoms with Crippen LogP contribution >= 0.6 is 11.3 Å².